The Bertz CT molecular complexity index is 392. The molecule has 1 unspecified atom stereocenters. The Labute approximate surface area is 81.8 Å². The summed E-state index contributed by atoms with van der Waals surface area (Å²) in [6.45, 7) is 0. The summed E-state index contributed by atoms with van der Waals surface area (Å²) in [5.41, 5.74) is 5.57. The summed E-state index contributed by atoms with van der Waals surface area (Å²) in [4.78, 5) is 10.6. The first kappa shape index (κ1) is 8.83. The number of carboxylic acid groups (broad SMARTS) is 1. The number of phenolic OH excluding ortho intramolecular Hbond substituents is 2. The van der Waals surface area contributed by atoms with E-state index in [1.165, 1.54) is 18.2 Å². The topological polar surface area (TPSA) is 104 Å². The van der Waals surface area contributed by atoms with E-state index in [9.17, 15) is 4.79 Å². The van der Waals surface area contributed by atoms with Crippen LogP contribution in [-0.4, -0.2) is 27.3 Å². The van der Waals surface area contributed by atoms with Gasteiger partial charge in [0.15, 0.2) is 11.5 Å². The predicted molar refractivity (Wildman–Crippen MR) is 49.1 cm³/mol. The standard InChI is InChI=1S/C9H11NO4/c10-6(9(13)14)3-5-1-2-7(11)8(12)4-5/h1-2,4,6,11-12H,3,10H2,(H,13,14)/i6D. The van der Waals surface area contributed by atoms with Gasteiger partial charge in [-0.25, -0.2) is 0 Å². The summed E-state index contributed by atoms with van der Waals surface area (Å²) >= 11 is 0. The Morgan fingerprint density at radius 2 is 2.14 bits per heavy atom. The monoisotopic (exact) mass is 198 g/mol. The summed E-state index contributed by atoms with van der Waals surface area (Å²) in [6.07, 6.45) is -0.254. The van der Waals surface area contributed by atoms with Crippen LogP contribution < -0.4 is 5.73 Å². The van der Waals surface area contributed by atoms with Gasteiger partial charge in [-0.1, -0.05) is 6.07 Å². The fourth-order valence-corrected chi connectivity index (χ4v) is 0.974. The molecule has 0 amide bonds. The molecule has 14 heavy (non-hydrogen) atoms. The van der Waals surface area contributed by atoms with Crippen molar-refractivity contribution in [2.24, 2.45) is 5.73 Å². The lowest BCUT2D eigenvalue weighted by molar-refractivity contribution is -0.138. The van der Waals surface area contributed by atoms with Crippen LogP contribution in [0.25, 0.3) is 0 Å². The molecule has 0 saturated carbocycles. The highest BCUT2D eigenvalue weighted by Crippen LogP contribution is 2.25. The molecule has 0 heterocycles. The molecule has 0 bridgehead atoms. The lowest BCUT2D eigenvalue weighted by Gasteiger charge is -2.06. The number of aliphatic carboxylic acids is 1. The minimum Gasteiger partial charge on any atom is -0.504 e. The van der Waals surface area contributed by atoms with Gasteiger partial charge >= 0.3 is 5.97 Å². The first-order valence-corrected chi connectivity index (χ1v) is 3.86. The van der Waals surface area contributed by atoms with Gasteiger partial charge in [0.05, 0.1) is 1.37 Å². The third kappa shape index (κ3) is 2.37. The number of hydrogen-bond acceptors (Lipinski definition) is 4. The molecule has 0 spiro atoms. The molecule has 0 saturated heterocycles. The highest BCUT2D eigenvalue weighted by molar-refractivity contribution is 5.73. The van der Waals surface area contributed by atoms with E-state index >= 15 is 0 Å². The van der Waals surface area contributed by atoms with Crippen LogP contribution in [0.3, 0.4) is 0 Å². The van der Waals surface area contributed by atoms with Gasteiger partial charge in [0.1, 0.15) is 6.02 Å². The number of rotatable bonds is 3. The van der Waals surface area contributed by atoms with Crippen molar-refractivity contribution in [1.29, 1.82) is 0 Å². The van der Waals surface area contributed by atoms with Crippen LogP contribution in [0.1, 0.15) is 6.93 Å². The number of hydrogen-bond donors (Lipinski definition) is 4. The predicted octanol–water partition coefficient (Wildman–Crippen LogP) is 0.0522. The summed E-state index contributed by atoms with van der Waals surface area (Å²) in [5, 5.41) is 26.7. The molecule has 1 aromatic carbocycles. The average Bonchev–Trinajstić information content (AvgIpc) is 2.10. The number of phenols is 2. The van der Waals surface area contributed by atoms with E-state index in [0.717, 1.165) is 0 Å². The Hall–Kier alpha value is -1.75. The van der Waals surface area contributed by atoms with Crippen LogP contribution in [0.15, 0.2) is 18.2 Å². The van der Waals surface area contributed by atoms with E-state index < -0.39 is 12.0 Å². The summed E-state index contributed by atoms with van der Waals surface area (Å²) in [7, 11) is 0. The Morgan fingerprint density at radius 1 is 1.50 bits per heavy atom. The SMILES string of the molecule is [2H]C(N)(Cc1ccc(O)c(O)c1)C(=O)O. The van der Waals surface area contributed by atoms with E-state index in [2.05, 4.69) is 0 Å². The molecule has 0 fully saturated rings. The number of carbonyl (C=O) groups is 1. The van der Waals surface area contributed by atoms with E-state index in [1.54, 1.807) is 0 Å². The van der Waals surface area contributed by atoms with E-state index in [1.807, 2.05) is 0 Å². The van der Waals surface area contributed by atoms with Crippen molar-refractivity contribution in [1.82, 2.24) is 0 Å². The van der Waals surface area contributed by atoms with Crippen molar-refractivity contribution in [3.05, 3.63) is 23.8 Å². The first-order valence-electron chi connectivity index (χ1n) is 4.36. The van der Waals surface area contributed by atoms with Crippen molar-refractivity contribution in [3.8, 4) is 11.5 Å². The van der Waals surface area contributed by atoms with Crippen molar-refractivity contribution in [3.63, 3.8) is 0 Å². The summed E-state index contributed by atoms with van der Waals surface area (Å²) < 4.78 is 7.28. The van der Waals surface area contributed by atoms with Crippen LogP contribution >= 0.6 is 0 Å². The number of benzene rings is 1. The van der Waals surface area contributed by atoms with Crippen molar-refractivity contribution < 1.29 is 21.5 Å². The van der Waals surface area contributed by atoms with Gasteiger partial charge in [-0.3, -0.25) is 4.79 Å². The molecule has 5 nitrogen and oxygen atoms in total. The maximum absolute atomic E-state index is 10.6. The van der Waals surface area contributed by atoms with Crippen LogP contribution in [0, 0.1) is 0 Å². The number of nitrogens with two attached hydrogens (primary N) is 1. The smallest absolute Gasteiger partial charge is 0.320 e. The zero-order valence-corrected chi connectivity index (χ0v) is 7.27. The Balaban J connectivity index is 2.91. The largest absolute Gasteiger partial charge is 0.504 e. The first-order chi connectivity index (χ1) is 6.83. The number of aromatic hydroxyl groups is 2. The molecular weight excluding hydrogens is 186 g/mol. The maximum atomic E-state index is 10.6. The van der Waals surface area contributed by atoms with E-state index in [4.69, 9.17) is 22.4 Å². The Kier molecular flexibility index (Phi) is 2.51. The molecule has 5 N–H and O–H groups in total. The Morgan fingerprint density at radius 3 is 2.64 bits per heavy atom. The normalized spacial score (nSPS) is 15.6. The van der Waals surface area contributed by atoms with Gasteiger partial charge in [-0.05, 0) is 24.1 Å². The van der Waals surface area contributed by atoms with Crippen LogP contribution in [-0.2, 0) is 11.2 Å². The quantitative estimate of drug-likeness (QED) is 0.514. The van der Waals surface area contributed by atoms with Crippen molar-refractivity contribution in [2.45, 2.75) is 12.4 Å². The van der Waals surface area contributed by atoms with Crippen LogP contribution in [0.5, 0.6) is 11.5 Å². The van der Waals surface area contributed by atoms with Gasteiger partial charge in [-0.2, -0.15) is 0 Å². The van der Waals surface area contributed by atoms with Crippen LogP contribution in [0.2, 0.25) is 0 Å². The molecular formula is C9H11NO4. The highest BCUT2D eigenvalue weighted by Gasteiger charge is 2.12. The van der Waals surface area contributed by atoms with E-state index in [-0.39, 0.29) is 17.9 Å². The molecule has 0 aliphatic rings. The molecule has 76 valence electrons. The molecule has 0 aromatic heterocycles. The fraction of sp³-hybridized carbons (Fsp3) is 0.222. The van der Waals surface area contributed by atoms with Crippen molar-refractivity contribution >= 4 is 5.97 Å². The van der Waals surface area contributed by atoms with Gasteiger partial charge in [0, 0.05) is 0 Å². The number of carboxylic acids is 1. The fourth-order valence-electron chi connectivity index (χ4n) is 0.974. The second-order valence-electron chi connectivity index (χ2n) is 2.83. The minimum atomic E-state index is -2.14. The summed E-state index contributed by atoms with van der Waals surface area (Å²) in [6, 6.07) is 1.65. The highest BCUT2D eigenvalue weighted by atomic mass is 16.4. The molecule has 1 rings (SSSR count). The lowest BCUT2D eigenvalue weighted by Crippen LogP contribution is -2.32. The second kappa shape index (κ2) is 3.97. The van der Waals surface area contributed by atoms with Gasteiger partial charge in [0.25, 0.3) is 0 Å². The third-order valence-corrected chi connectivity index (χ3v) is 1.71. The second-order valence-corrected chi connectivity index (χ2v) is 2.83. The van der Waals surface area contributed by atoms with E-state index in [0.29, 0.717) is 5.56 Å². The minimum absolute atomic E-state index is 0.254. The van der Waals surface area contributed by atoms with Gasteiger partial charge in [-0.15, -0.1) is 0 Å². The molecule has 1 aromatic rings. The molecule has 5 heteroatoms. The third-order valence-electron chi connectivity index (χ3n) is 1.71. The van der Waals surface area contributed by atoms with Crippen LogP contribution in [0.4, 0.5) is 0 Å². The zero-order chi connectivity index (χ0) is 11.6. The maximum Gasteiger partial charge on any atom is 0.320 e. The molecule has 0 aliphatic heterocycles. The molecule has 0 aliphatic carbocycles. The molecule has 1 atom stereocenters. The summed E-state index contributed by atoms with van der Waals surface area (Å²) in [5.74, 6) is -2.12. The van der Waals surface area contributed by atoms with Gasteiger partial charge in [0.2, 0.25) is 0 Å². The van der Waals surface area contributed by atoms with Crippen molar-refractivity contribution in [2.75, 3.05) is 0 Å². The zero-order valence-electron chi connectivity index (χ0n) is 8.27. The average molecular weight is 198 g/mol. The molecule has 0 radical (unpaired) electrons. The lowest BCUT2D eigenvalue weighted by atomic mass is 10.1. The van der Waals surface area contributed by atoms with Gasteiger partial charge < -0.3 is 21.1 Å².